The fourth-order valence-corrected chi connectivity index (χ4v) is 2.27. The van der Waals surface area contributed by atoms with E-state index in [4.69, 9.17) is 10.5 Å². The van der Waals surface area contributed by atoms with E-state index in [2.05, 4.69) is 5.32 Å². The highest BCUT2D eigenvalue weighted by molar-refractivity contribution is 5.77. The molecule has 0 radical (unpaired) electrons. The van der Waals surface area contributed by atoms with Crippen LogP contribution in [0.15, 0.2) is 18.2 Å². The molecule has 1 fully saturated rings. The van der Waals surface area contributed by atoms with Crippen LogP contribution in [0.1, 0.15) is 25.7 Å². The first kappa shape index (κ1) is 14.7. The average Bonchev–Trinajstić information content (AvgIpc) is 2.40. The highest BCUT2D eigenvalue weighted by atomic mass is 19.1. The molecule has 1 aliphatic carbocycles. The third kappa shape index (κ3) is 4.16. The van der Waals surface area contributed by atoms with Crippen molar-refractivity contribution in [3.63, 3.8) is 0 Å². The van der Waals surface area contributed by atoms with Crippen LogP contribution >= 0.6 is 0 Å². The molecule has 2 rings (SSSR count). The summed E-state index contributed by atoms with van der Waals surface area (Å²) in [4.78, 5) is 11.7. The highest BCUT2D eigenvalue weighted by Gasteiger charge is 2.20. The number of carbonyl (C=O) groups is 1. The average molecular weight is 284 g/mol. The molecule has 0 aliphatic heterocycles. The molecule has 1 aliphatic rings. The Labute approximate surface area is 116 Å². The summed E-state index contributed by atoms with van der Waals surface area (Å²) in [5, 5.41) is 2.82. The van der Waals surface area contributed by atoms with Gasteiger partial charge in [0.1, 0.15) is 5.82 Å². The zero-order valence-corrected chi connectivity index (χ0v) is 11.1. The molecule has 110 valence electrons. The van der Waals surface area contributed by atoms with Crippen LogP contribution in [0.3, 0.4) is 0 Å². The molecule has 0 bridgehead atoms. The van der Waals surface area contributed by atoms with Gasteiger partial charge < -0.3 is 15.8 Å². The van der Waals surface area contributed by atoms with Gasteiger partial charge in [0.25, 0.3) is 5.91 Å². The maximum absolute atomic E-state index is 13.3. The number of halogens is 2. The molecule has 6 heteroatoms. The van der Waals surface area contributed by atoms with Gasteiger partial charge in [-0.25, -0.2) is 8.78 Å². The lowest BCUT2D eigenvalue weighted by atomic mass is 9.92. The Hall–Kier alpha value is -1.69. The van der Waals surface area contributed by atoms with Crippen LogP contribution in [-0.4, -0.2) is 24.6 Å². The summed E-state index contributed by atoms with van der Waals surface area (Å²) in [6.07, 6.45) is 3.46. The van der Waals surface area contributed by atoms with Crippen LogP contribution in [0.4, 0.5) is 8.78 Å². The zero-order chi connectivity index (χ0) is 14.5. The molecule has 20 heavy (non-hydrogen) atoms. The van der Waals surface area contributed by atoms with Crippen molar-refractivity contribution in [3.05, 3.63) is 29.8 Å². The molecule has 0 saturated heterocycles. The Morgan fingerprint density at radius 1 is 1.30 bits per heavy atom. The van der Waals surface area contributed by atoms with E-state index in [9.17, 15) is 13.6 Å². The highest BCUT2D eigenvalue weighted by Crippen LogP contribution is 2.18. The minimum absolute atomic E-state index is 0.101. The number of benzene rings is 1. The number of carbonyl (C=O) groups excluding carboxylic acids is 1. The lowest BCUT2D eigenvalue weighted by Gasteiger charge is -2.26. The SMILES string of the molecule is NC1CCC(NC(=O)COc2ccc(F)cc2F)CC1. The van der Waals surface area contributed by atoms with Gasteiger partial charge in [-0.05, 0) is 37.8 Å². The molecular weight excluding hydrogens is 266 g/mol. The van der Waals surface area contributed by atoms with Crippen molar-refractivity contribution >= 4 is 5.91 Å². The molecule has 0 heterocycles. The maximum Gasteiger partial charge on any atom is 0.258 e. The van der Waals surface area contributed by atoms with Gasteiger partial charge in [-0.3, -0.25) is 4.79 Å². The van der Waals surface area contributed by atoms with Gasteiger partial charge in [0.05, 0.1) is 0 Å². The number of ether oxygens (including phenoxy) is 1. The van der Waals surface area contributed by atoms with Crippen molar-refractivity contribution in [2.45, 2.75) is 37.8 Å². The van der Waals surface area contributed by atoms with E-state index in [1.807, 2.05) is 0 Å². The first-order valence-corrected chi connectivity index (χ1v) is 6.67. The topological polar surface area (TPSA) is 64.3 Å². The van der Waals surface area contributed by atoms with Crippen LogP contribution in [-0.2, 0) is 4.79 Å². The number of nitrogens with two attached hydrogens (primary N) is 1. The van der Waals surface area contributed by atoms with E-state index < -0.39 is 11.6 Å². The molecule has 1 aromatic rings. The summed E-state index contributed by atoms with van der Waals surface area (Å²) in [6.45, 7) is -0.287. The Balaban J connectivity index is 1.77. The molecule has 0 spiro atoms. The van der Waals surface area contributed by atoms with Crippen molar-refractivity contribution in [3.8, 4) is 5.75 Å². The summed E-state index contributed by atoms with van der Waals surface area (Å²) in [5.74, 6) is -1.94. The summed E-state index contributed by atoms with van der Waals surface area (Å²) >= 11 is 0. The lowest BCUT2D eigenvalue weighted by Crippen LogP contribution is -2.42. The van der Waals surface area contributed by atoms with Crippen molar-refractivity contribution < 1.29 is 18.3 Å². The van der Waals surface area contributed by atoms with E-state index in [0.717, 1.165) is 43.9 Å². The lowest BCUT2D eigenvalue weighted by molar-refractivity contribution is -0.124. The van der Waals surface area contributed by atoms with Crippen molar-refractivity contribution in [1.29, 1.82) is 0 Å². The van der Waals surface area contributed by atoms with Crippen LogP contribution in [0.5, 0.6) is 5.75 Å². The summed E-state index contributed by atoms with van der Waals surface area (Å²) in [6, 6.07) is 3.28. The van der Waals surface area contributed by atoms with E-state index in [0.29, 0.717) is 0 Å². The minimum atomic E-state index is -0.818. The van der Waals surface area contributed by atoms with Crippen molar-refractivity contribution in [1.82, 2.24) is 5.32 Å². The van der Waals surface area contributed by atoms with Gasteiger partial charge in [0.2, 0.25) is 0 Å². The van der Waals surface area contributed by atoms with E-state index >= 15 is 0 Å². The van der Waals surface area contributed by atoms with Crippen LogP contribution in [0, 0.1) is 11.6 Å². The van der Waals surface area contributed by atoms with E-state index in [1.165, 1.54) is 0 Å². The predicted octanol–water partition coefficient (Wildman–Crippen LogP) is 1.73. The number of amides is 1. The van der Waals surface area contributed by atoms with Gasteiger partial charge in [0.15, 0.2) is 18.2 Å². The normalized spacial score (nSPS) is 22.4. The zero-order valence-electron chi connectivity index (χ0n) is 11.1. The van der Waals surface area contributed by atoms with Crippen molar-refractivity contribution in [2.24, 2.45) is 5.73 Å². The van der Waals surface area contributed by atoms with Crippen LogP contribution in [0.25, 0.3) is 0 Å². The largest absolute Gasteiger partial charge is 0.481 e. The number of hydrogen-bond acceptors (Lipinski definition) is 3. The third-order valence-electron chi connectivity index (χ3n) is 3.39. The summed E-state index contributed by atoms with van der Waals surface area (Å²) in [5.41, 5.74) is 5.78. The Morgan fingerprint density at radius 2 is 2.00 bits per heavy atom. The van der Waals surface area contributed by atoms with Gasteiger partial charge in [0, 0.05) is 18.2 Å². The molecule has 0 atom stereocenters. The number of nitrogens with one attached hydrogen (secondary N) is 1. The fourth-order valence-electron chi connectivity index (χ4n) is 2.27. The second kappa shape index (κ2) is 6.65. The Bertz CT molecular complexity index is 474. The predicted molar refractivity (Wildman–Crippen MR) is 70.2 cm³/mol. The van der Waals surface area contributed by atoms with Gasteiger partial charge in [-0.1, -0.05) is 0 Å². The summed E-state index contributed by atoms with van der Waals surface area (Å²) < 4.78 is 31.0. The standard InChI is InChI=1S/C14H18F2N2O2/c15-9-1-6-13(12(16)7-9)20-8-14(19)18-11-4-2-10(17)3-5-11/h1,6-7,10-11H,2-5,8,17H2,(H,18,19). The van der Waals surface area contributed by atoms with Crippen LogP contribution < -0.4 is 15.8 Å². The molecule has 1 amide bonds. The Morgan fingerprint density at radius 3 is 2.65 bits per heavy atom. The fraction of sp³-hybridized carbons (Fsp3) is 0.500. The smallest absolute Gasteiger partial charge is 0.258 e. The summed E-state index contributed by atoms with van der Waals surface area (Å²) in [7, 11) is 0. The first-order valence-electron chi connectivity index (χ1n) is 6.67. The molecule has 1 aromatic carbocycles. The van der Waals surface area contributed by atoms with E-state index in [-0.39, 0.29) is 30.3 Å². The monoisotopic (exact) mass is 284 g/mol. The van der Waals surface area contributed by atoms with Crippen molar-refractivity contribution in [2.75, 3.05) is 6.61 Å². The van der Waals surface area contributed by atoms with Gasteiger partial charge in [-0.2, -0.15) is 0 Å². The molecule has 3 N–H and O–H groups in total. The van der Waals surface area contributed by atoms with E-state index in [1.54, 1.807) is 0 Å². The maximum atomic E-state index is 13.3. The second-order valence-electron chi connectivity index (χ2n) is 5.04. The van der Waals surface area contributed by atoms with Gasteiger partial charge >= 0.3 is 0 Å². The van der Waals surface area contributed by atoms with Gasteiger partial charge in [-0.15, -0.1) is 0 Å². The quantitative estimate of drug-likeness (QED) is 0.885. The first-order chi connectivity index (χ1) is 9.54. The molecule has 0 aromatic heterocycles. The minimum Gasteiger partial charge on any atom is -0.481 e. The van der Waals surface area contributed by atoms with Crippen LogP contribution in [0.2, 0.25) is 0 Å². The number of rotatable bonds is 4. The molecule has 4 nitrogen and oxygen atoms in total. The third-order valence-corrected chi connectivity index (χ3v) is 3.39. The molecule has 0 unspecified atom stereocenters. The number of hydrogen-bond donors (Lipinski definition) is 2. The molecular formula is C14H18F2N2O2. The molecule has 1 saturated carbocycles. The second-order valence-corrected chi connectivity index (χ2v) is 5.04. The Kier molecular flexibility index (Phi) is 4.89.